The third kappa shape index (κ3) is 5.34. The van der Waals surface area contributed by atoms with Gasteiger partial charge in [0.15, 0.2) is 11.5 Å². The molecule has 1 heterocycles. The molecular formula is C29H19BrClNO5S. The minimum Gasteiger partial charge on any atom is -0.493 e. The molecule has 4 aromatic rings. The van der Waals surface area contributed by atoms with Crippen LogP contribution in [0.2, 0.25) is 5.02 Å². The number of thioether (sulfide) groups is 1. The van der Waals surface area contributed by atoms with Crippen molar-refractivity contribution in [1.82, 2.24) is 4.90 Å². The molecule has 4 aromatic carbocycles. The summed E-state index contributed by atoms with van der Waals surface area (Å²) in [5.41, 5.74) is 1.77. The number of halogens is 2. The first-order chi connectivity index (χ1) is 18.3. The molecule has 9 heteroatoms. The molecule has 1 aliphatic heterocycles. The minimum atomic E-state index is -0.532. The molecule has 0 atom stereocenters. The summed E-state index contributed by atoms with van der Waals surface area (Å²) in [5, 5.41) is 1.86. The Balaban J connectivity index is 1.40. The number of rotatable bonds is 6. The number of benzene rings is 4. The number of carbonyl (C=O) groups is 3. The molecule has 6 nitrogen and oxygen atoms in total. The van der Waals surface area contributed by atoms with Crippen LogP contribution in [0, 0.1) is 0 Å². The Kier molecular flexibility index (Phi) is 7.56. The van der Waals surface area contributed by atoms with Crippen LogP contribution in [0.25, 0.3) is 16.8 Å². The van der Waals surface area contributed by atoms with Gasteiger partial charge in [0.05, 0.1) is 28.6 Å². The first-order valence-corrected chi connectivity index (χ1v) is 13.4. The number of nitrogens with zero attached hydrogens (tertiary/aromatic N) is 1. The molecule has 0 saturated carbocycles. The maximum absolute atomic E-state index is 13.1. The summed E-state index contributed by atoms with van der Waals surface area (Å²) in [6.07, 6.45) is 1.60. The Morgan fingerprint density at radius 3 is 2.58 bits per heavy atom. The van der Waals surface area contributed by atoms with Crippen LogP contribution >= 0.6 is 39.3 Å². The van der Waals surface area contributed by atoms with Gasteiger partial charge in [-0.25, -0.2) is 4.79 Å². The van der Waals surface area contributed by atoms with Gasteiger partial charge in [0.2, 0.25) is 0 Å². The average Bonchev–Trinajstić information content (AvgIpc) is 3.16. The Morgan fingerprint density at radius 2 is 1.79 bits per heavy atom. The van der Waals surface area contributed by atoms with Crippen molar-refractivity contribution < 1.29 is 23.9 Å². The van der Waals surface area contributed by atoms with Gasteiger partial charge in [-0.3, -0.25) is 14.5 Å². The standard InChI is InChI=1S/C29H19BrClNO5S/c1-36-24-14-18(15-25-27(33)32(29(35)38-25)16-17-6-4-9-20(31)12-17)13-23(30)26(24)37-28(34)22-11-5-8-19-7-2-3-10-21(19)22/h2-15H,16H2,1H3/b25-15-. The fourth-order valence-corrected chi connectivity index (χ4v) is 5.67. The van der Waals surface area contributed by atoms with E-state index in [1.54, 1.807) is 54.6 Å². The summed E-state index contributed by atoms with van der Waals surface area (Å²) < 4.78 is 11.7. The maximum atomic E-state index is 13.1. The summed E-state index contributed by atoms with van der Waals surface area (Å²) >= 11 is 10.4. The SMILES string of the molecule is COc1cc(/C=C2\SC(=O)N(Cc3cccc(Cl)c3)C2=O)cc(Br)c1OC(=O)c1cccc2ccccc12. The van der Waals surface area contributed by atoms with Crippen molar-refractivity contribution in [2.24, 2.45) is 0 Å². The van der Waals surface area contributed by atoms with Crippen LogP contribution < -0.4 is 9.47 Å². The predicted octanol–water partition coefficient (Wildman–Crippen LogP) is 7.72. The molecule has 5 rings (SSSR count). The summed E-state index contributed by atoms with van der Waals surface area (Å²) in [5.74, 6) is -0.439. The van der Waals surface area contributed by atoms with Crippen LogP contribution in [0.1, 0.15) is 21.5 Å². The van der Waals surface area contributed by atoms with E-state index in [2.05, 4.69) is 15.9 Å². The van der Waals surface area contributed by atoms with Gasteiger partial charge in [0, 0.05) is 5.02 Å². The molecule has 38 heavy (non-hydrogen) atoms. The van der Waals surface area contributed by atoms with Gasteiger partial charge >= 0.3 is 5.97 Å². The second-order valence-corrected chi connectivity index (χ2v) is 10.6. The normalized spacial score (nSPS) is 14.4. The van der Waals surface area contributed by atoms with Gasteiger partial charge in [0.1, 0.15) is 0 Å². The van der Waals surface area contributed by atoms with Crippen LogP contribution in [0.3, 0.4) is 0 Å². The largest absolute Gasteiger partial charge is 0.493 e. The predicted molar refractivity (Wildman–Crippen MR) is 153 cm³/mol. The van der Waals surface area contributed by atoms with Crippen LogP contribution in [0.4, 0.5) is 4.79 Å². The van der Waals surface area contributed by atoms with Gasteiger partial charge in [-0.2, -0.15) is 0 Å². The number of esters is 1. The van der Waals surface area contributed by atoms with Crippen LogP contribution in [-0.2, 0) is 11.3 Å². The van der Waals surface area contributed by atoms with Crippen molar-refractivity contribution in [3.8, 4) is 11.5 Å². The van der Waals surface area contributed by atoms with Gasteiger partial charge in [0.25, 0.3) is 11.1 Å². The first-order valence-electron chi connectivity index (χ1n) is 11.4. The number of methoxy groups -OCH3 is 1. The lowest BCUT2D eigenvalue weighted by Crippen LogP contribution is -2.27. The van der Waals surface area contributed by atoms with E-state index in [1.165, 1.54) is 12.0 Å². The highest BCUT2D eigenvalue weighted by atomic mass is 79.9. The number of hydrogen-bond donors (Lipinski definition) is 0. The van der Waals surface area contributed by atoms with E-state index >= 15 is 0 Å². The minimum absolute atomic E-state index is 0.124. The second kappa shape index (κ2) is 11.0. The summed E-state index contributed by atoms with van der Waals surface area (Å²) in [6, 6.07) is 23.3. The molecule has 0 spiro atoms. The van der Waals surface area contributed by atoms with Gasteiger partial charge in [-0.1, -0.05) is 60.1 Å². The third-order valence-corrected chi connectivity index (χ3v) is 7.59. The summed E-state index contributed by atoms with van der Waals surface area (Å²) in [4.78, 5) is 40.1. The highest BCUT2D eigenvalue weighted by molar-refractivity contribution is 9.10. The molecule has 1 fully saturated rings. The van der Waals surface area contributed by atoms with Crippen molar-refractivity contribution in [2.45, 2.75) is 6.54 Å². The van der Waals surface area contributed by atoms with Gasteiger partial charge in [-0.15, -0.1) is 0 Å². The van der Waals surface area contributed by atoms with Crippen molar-refractivity contribution in [2.75, 3.05) is 7.11 Å². The number of amides is 2. The highest BCUT2D eigenvalue weighted by Gasteiger charge is 2.35. The smallest absolute Gasteiger partial charge is 0.344 e. The molecule has 1 saturated heterocycles. The van der Waals surface area contributed by atoms with E-state index in [1.807, 2.05) is 30.3 Å². The fraction of sp³-hybridized carbons (Fsp3) is 0.0690. The highest BCUT2D eigenvalue weighted by Crippen LogP contribution is 2.40. The van der Waals surface area contributed by atoms with Crippen LogP contribution in [-0.4, -0.2) is 29.1 Å². The Morgan fingerprint density at radius 1 is 1.03 bits per heavy atom. The molecular weight excluding hydrogens is 590 g/mol. The molecule has 190 valence electrons. The fourth-order valence-electron chi connectivity index (χ4n) is 4.08. The van der Waals surface area contributed by atoms with E-state index in [0.29, 0.717) is 20.6 Å². The molecule has 0 bridgehead atoms. The number of imide groups is 1. The Bertz CT molecular complexity index is 1630. The third-order valence-electron chi connectivity index (χ3n) is 5.86. The molecule has 0 N–H and O–H groups in total. The summed E-state index contributed by atoms with van der Waals surface area (Å²) in [7, 11) is 1.46. The van der Waals surface area contributed by atoms with Gasteiger partial charge < -0.3 is 9.47 Å². The lowest BCUT2D eigenvalue weighted by molar-refractivity contribution is -0.123. The lowest BCUT2D eigenvalue weighted by Gasteiger charge is -2.14. The van der Waals surface area contributed by atoms with Crippen LogP contribution in [0.5, 0.6) is 11.5 Å². The number of fused-ring (bicyclic) bond motifs is 1. The molecule has 0 aliphatic carbocycles. The second-order valence-electron chi connectivity index (χ2n) is 8.35. The topological polar surface area (TPSA) is 72.9 Å². The number of carbonyl (C=O) groups excluding carboxylic acids is 3. The number of hydrogen-bond acceptors (Lipinski definition) is 6. The van der Waals surface area contributed by atoms with Crippen molar-refractivity contribution in [3.05, 3.63) is 110 Å². The lowest BCUT2D eigenvalue weighted by atomic mass is 10.0. The van der Waals surface area contributed by atoms with E-state index < -0.39 is 11.9 Å². The monoisotopic (exact) mass is 607 g/mol. The Labute approximate surface area is 236 Å². The van der Waals surface area contributed by atoms with E-state index in [0.717, 1.165) is 28.1 Å². The van der Waals surface area contributed by atoms with Crippen molar-refractivity contribution in [3.63, 3.8) is 0 Å². The molecule has 2 amide bonds. The Hall–Kier alpha value is -3.59. The van der Waals surface area contributed by atoms with E-state index in [4.69, 9.17) is 21.1 Å². The van der Waals surface area contributed by atoms with E-state index in [-0.39, 0.29) is 28.2 Å². The quantitative estimate of drug-likeness (QED) is 0.127. The zero-order chi connectivity index (χ0) is 26.8. The zero-order valence-electron chi connectivity index (χ0n) is 19.9. The zero-order valence-corrected chi connectivity index (χ0v) is 23.1. The van der Waals surface area contributed by atoms with Crippen molar-refractivity contribution in [1.29, 1.82) is 0 Å². The van der Waals surface area contributed by atoms with E-state index in [9.17, 15) is 14.4 Å². The average molecular weight is 609 g/mol. The van der Waals surface area contributed by atoms with Gasteiger partial charge in [-0.05, 0) is 86.0 Å². The summed E-state index contributed by atoms with van der Waals surface area (Å²) in [6.45, 7) is 0.124. The molecule has 0 radical (unpaired) electrons. The van der Waals surface area contributed by atoms with Crippen LogP contribution in [0.15, 0.2) is 88.2 Å². The molecule has 1 aliphatic rings. The maximum Gasteiger partial charge on any atom is 0.344 e. The van der Waals surface area contributed by atoms with Crippen molar-refractivity contribution >= 4 is 73.3 Å². The molecule has 0 unspecified atom stereocenters. The number of ether oxygens (including phenoxy) is 2. The molecule has 0 aromatic heterocycles. The first kappa shape index (κ1) is 26.0.